The number of halogens is 1. The summed E-state index contributed by atoms with van der Waals surface area (Å²) in [6, 6.07) is 2.73. The first-order valence-electron chi connectivity index (χ1n) is 8.80. The smallest absolute Gasteiger partial charge is 0.322 e. The van der Waals surface area contributed by atoms with Crippen LogP contribution in [-0.4, -0.2) is 37.6 Å². The number of hydrogen-bond donors (Lipinski definition) is 1. The third-order valence-electron chi connectivity index (χ3n) is 4.71. The van der Waals surface area contributed by atoms with E-state index in [1.54, 1.807) is 30.3 Å². The standard InChI is InChI=1S/C19H19FN6O2/c1-11-14(20)13(5-8-21-11)24-18(27)26-9-12-15(17-22-6-4-7-23-17)25-28-16(12)19(2,3)10-26/h4-8H,9-10H2,1-3H3,(H,21,24,27). The van der Waals surface area contributed by atoms with E-state index < -0.39 is 17.3 Å². The van der Waals surface area contributed by atoms with Gasteiger partial charge in [-0.2, -0.15) is 0 Å². The summed E-state index contributed by atoms with van der Waals surface area (Å²) < 4.78 is 19.8. The van der Waals surface area contributed by atoms with Crippen molar-refractivity contribution in [2.45, 2.75) is 32.7 Å². The Balaban J connectivity index is 1.65. The van der Waals surface area contributed by atoms with Crippen molar-refractivity contribution in [1.82, 2.24) is 25.0 Å². The molecule has 3 aromatic rings. The van der Waals surface area contributed by atoms with E-state index in [4.69, 9.17) is 4.52 Å². The highest BCUT2D eigenvalue weighted by atomic mass is 19.1. The van der Waals surface area contributed by atoms with Gasteiger partial charge in [0.1, 0.15) is 5.76 Å². The van der Waals surface area contributed by atoms with Crippen molar-refractivity contribution >= 4 is 11.7 Å². The van der Waals surface area contributed by atoms with Crippen LogP contribution in [0, 0.1) is 12.7 Å². The number of rotatable bonds is 2. The van der Waals surface area contributed by atoms with Crippen LogP contribution in [0.2, 0.25) is 0 Å². The van der Waals surface area contributed by atoms with Crippen molar-refractivity contribution in [2.75, 3.05) is 11.9 Å². The van der Waals surface area contributed by atoms with Crippen LogP contribution in [-0.2, 0) is 12.0 Å². The SMILES string of the molecule is Cc1nccc(NC(=O)N2Cc3c(-c4ncccn4)noc3C(C)(C)C2)c1F. The van der Waals surface area contributed by atoms with Crippen LogP contribution in [0.3, 0.4) is 0 Å². The number of aryl methyl sites for hydroxylation is 1. The molecular weight excluding hydrogens is 363 g/mol. The first-order chi connectivity index (χ1) is 13.4. The number of urea groups is 1. The zero-order chi connectivity index (χ0) is 19.9. The van der Waals surface area contributed by atoms with Gasteiger partial charge in [-0.05, 0) is 19.1 Å². The lowest BCUT2D eigenvalue weighted by molar-refractivity contribution is 0.172. The van der Waals surface area contributed by atoms with Gasteiger partial charge in [-0.15, -0.1) is 0 Å². The first-order valence-corrected chi connectivity index (χ1v) is 8.80. The zero-order valence-corrected chi connectivity index (χ0v) is 15.7. The monoisotopic (exact) mass is 382 g/mol. The maximum absolute atomic E-state index is 14.2. The summed E-state index contributed by atoms with van der Waals surface area (Å²) in [6.07, 6.45) is 4.70. The Morgan fingerprint density at radius 3 is 2.75 bits per heavy atom. The van der Waals surface area contributed by atoms with Gasteiger partial charge in [-0.3, -0.25) is 4.98 Å². The van der Waals surface area contributed by atoms with Gasteiger partial charge in [0, 0.05) is 36.1 Å². The summed E-state index contributed by atoms with van der Waals surface area (Å²) in [7, 11) is 0. The van der Waals surface area contributed by atoms with Crippen LogP contribution in [0.4, 0.5) is 14.9 Å². The number of pyridine rings is 1. The Hall–Kier alpha value is -3.36. The molecule has 9 heteroatoms. The van der Waals surface area contributed by atoms with E-state index in [1.165, 1.54) is 12.3 Å². The number of aromatic nitrogens is 4. The topological polar surface area (TPSA) is 97.0 Å². The number of amides is 2. The molecule has 0 fully saturated rings. The third-order valence-corrected chi connectivity index (χ3v) is 4.71. The molecule has 0 unspecified atom stereocenters. The van der Waals surface area contributed by atoms with E-state index in [1.807, 2.05) is 13.8 Å². The molecule has 1 N–H and O–H groups in total. The predicted molar refractivity (Wildman–Crippen MR) is 98.9 cm³/mol. The molecule has 28 heavy (non-hydrogen) atoms. The van der Waals surface area contributed by atoms with Crippen molar-refractivity contribution < 1.29 is 13.7 Å². The fourth-order valence-corrected chi connectivity index (χ4v) is 3.36. The minimum Gasteiger partial charge on any atom is -0.360 e. The number of nitrogens with zero attached hydrogens (tertiary/aromatic N) is 5. The number of hydrogen-bond acceptors (Lipinski definition) is 6. The van der Waals surface area contributed by atoms with E-state index in [0.717, 1.165) is 5.56 Å². The zero-order valence-electron chi connectivity index (χ0n) is 15.7. The third kappa shape index (κ3) is 3.08. The molecule has 4 heterocycles. The van der Waals surface area contributed by atoms with Crippen LogP contribution < -0.4 is 5.32 Å². The molecule has 1 aliphatic heterocycles. The van der Waals surface area contributed by atoms with Gasteiger partial charge in [0.25, 0.3) is 0 Å². The highest BCUT2D eigenvalue weighted by Crippen LogP contribution is 2.37. The van der Waals surface area contributed by atoms with Crippen molar-refractivity contribution in [3.8, 4) is 11.5 Å². The molecule has 8 nitrogen and oxygen atoms in total. The number of anilines is 1. The minimum atomic E-state index is -0.545. The summed E-state index contributed by atoms with van der Waals surface area (Å²) in [5, 5.41) is 6.77. The highest BCUT2D eigenvalue weighted by molar-refractivity contribution is 5.90. The molecule has 0 radical (unpaired) electrons. The number of carbonyl (C=O) groups excluding carboxylic acids is 1. The molecule has 2 amide bonds. The Labute approximate surface area is 160 Å². The fraction of sp³-hybridized carbons (Fsp3) is 0.316. The predicted octanol–water partition coefficient (Wildman–Crippen LogP) is 3.30. The Kier molecular flexibility index (Phi) is 4.29. The van der Waals surface area contributed by atoms with Gasteiger partial charge in [-0.1, -0.05) is 19.0 Å². The molecule has 0 aliphatic carbocycles. The van der Waals surface area contributed by atoms with E-state index in [2.05, 4.69) is 25.4 Å². The van der Waals surface area contributed by atoms with Crippen LogP contribution in [0.5, 0.6) is 0 Å². The Morgan fingerprint density at radius 1 is 1.25 bits per heavy atom. The van der Waals surface area contributed by atoms with Crippen molar-refractivity contribution in [3.63, 3.8) is 0 Å². The molecule has 3 aromatic heterocycles. The second-order valence-electron chi connectivity index (χ2n) is 7.34. The lowest BCUT2D eigenvalue weighted by atomic mass is 9.83. The van der Waals surface area contributed by atoms with Crippen molar-refractivity contribution in [1.29, 1.82) is 0 Å². The summed E-state index contributed by atoms with van der Waals surface area (Å²) in [4.78, 5) is 26.8. The Bertz CT molecular complexity index is 1030. The molecular formula is C19H19FN6O2. The van der Waals surface area contributed by atoms with Gasteiger partial charge in [0.05, 0.1) is 17.9 Å². The summed E-state index contributed by atoms with van der Waals surface area (Å²) in [5.74, 6) is 0.586. The van der Waals surface area contributed by atoms with Crippen LogP contribution >= 0.6 is 0 Å². The molecule has 0 atom stereocenters. The molecule has 0 bridgehead atoms. The van der Waals surface area contributed by atoms with Crippen molar-refractivity contribution in [2.24, 2.45) is 0 Å². The van der Waals surface area contributed by atoms with E-state index >= 15 is 0 Å². The van der Waals surface area contributed by atoms with Gasteiger partial charge < -0.3 is 14.7 Å². The summed E-state index contributed by atoms with van der Waals surface area (Å²) in [6.45, 7) is 6.12. The van der Waals surface area contributed by atoms with Gasteiger partial charge >= 0.3 is 6.03 Å². The number of carbonyl (C=O) groups is 1. The van der Waals surface area contributed by atoms with Gasteiger partial charge in [-0.25, -0.2) is 19.2 Å². The Morgan fingerprint density at radius 2 is 2.00 bits per heavy atom. The molecule has 1 aliphatic rings. The van der Waals surface area contributed by atoms with Crippen LogP contribution in [0.25, 0.3) is 11.5 Å². The molecule has 0 aromatic carbocycles. The average Bonchev–Trinajstić information content (AvgIpc) is 3.11. The van der Waals surface area contributed by atoms with E-state index in [-0.39, 0.29) is 17.9 Å². The largest absolute Gasteiger partial charge is 0.360 e. The van der Waals surface area contributed by atoms with Crippen molar-refractivity contribution in [3.05, 3.63) is 53.6 Å². The minimum absolute atomic E-state index is 0.0954. The number of nitrogens with one attached hydrogen (secondary N) is 1. The fourth-order valence-electron chi connectivity index (χ4n) is 3.36. The maximum atomic E-state index is 14.2. The molecule has 4 rings (SSSR count). The normalized spacial score (nSPS) is 15.2. The second-order valence-corrected chi connectivity index (χ2v) is 7.34. The first kappa shape index (κ1) is 18.0. The molecule has 0 spiro atoms. The molecule has 0 saturated heterocycles. The van der Waals surface area contributed by atoms with Crippen LogP contribution in [0.1, 0.15) is 30.9 Å². The van der Waals surface area contributed by atoms with Gasteiger partial charge in [0.15, 0.2) is 17.3 Å². The number of fused-ring (bicyclic) bond motifs is 1. The lowest BCUT2D eigenvalue weighted by Gasteiger charge is -2.36. The van der Waals surface area contributed by atoms with E-state index in [0.29, 0.717) is 23.8 Å². The summed E-state index contributed by atoms with van der Waals surface area (Å²) >= 11 is 0. The van der Waals surface area contributed by atoms with E-state index in [9.17, 15) is 9.18 Å². The average molecular weight is 382 g/mol. The quantitative estimate of drug-likeness (QED) is 0.730. The molecule has 144 valence electrons. The maximum Gasteiger partial charge on any atom is 0.322 e. The highest BCUT2D eigenvalue weighted by Gasteiger charge is 2.40. The molecule has 0 saturated carbocycles. The van der Waals surface area contributed by atoms with Crippen LogP contribution in [0.15, 0.2) is 35.2 Å². The summed E-state index contributed by atoms with van der Waals surface area (Å²) in [5.41, 5.74) is 1.10. The van der Waals surface area contributed by atoms with Gasteiger partial charge in [0.2, 0.25) is 0 Å². The lowest BCUT2D eigenvalue weighted by Crippen LogP contribution is -2.46. The second kappa shape index (κ2) is 6.66.